The summed E-state index contributed by atoms with van der Waals surface area (Å²) in [6, 6.07) is 5.51. The molecule has 1 aromatic carbocycles. The molecule has 0 unspecified atom stereocenters. The van der Waals surface area contributed by atoms with E-state index in [1.54, 1.807) is 6.07 Å². The molecule has 1 rings (SSSR count). The molecule has 0 saturated carbocycles. The van der Waals surface area contributed by atoms with E-state index in [4.69, 9.17) is 4.74 Å². The van der Waals surface area contributed by atoms with E-state index < -0.39 is 0 Å². The number of ketones is 1. The van der Waals surface area contributed by atoms with Crippen LogP contribution in [0.5, 0.6) is 5.75 Å². The summed E-state index contributed by atoms with van der Waals surface area (Å²) in [6.07, 6.45) is 0.154. The van der Waals surface area contributed by atoms with Crippen molar-refractivity contribution in [2.45, 2.75) is 26.9 Å². The summed E-state index contributed by atoms with van der Waals surface area (Å²) in [4.78, 5) is 11.4. The Bertz CT molecular complexity index is 359. The van der Waals surface area contributed by atoms with Crippen molar-refractivity contribution < 1.29 is 9.53 Å². The molecule has 0 N–H and O–H groups in total. The highest BCUT2D eigenvalue weighted by Gasteiger charge is 2.07. The summed E-state index contributed by atoms with van der Waals surface area (Å²) in [6.45, 7) is 5.91. The third kappa shape index (κ3) is 3.34. The van der Waals surface area contributed by atoms with Gasteiger partial charge in [0.1, 0.15) is 5.75 Å². The summed E-state index contributed by atoms with van der Waals surface area (Å²) < 4.78 is 5.59. The molecule has 0 aliphatic carbocycles. The summed E-state index contributed by atoms with van der Waals surface area (Å²) in [5.41, 5.74) is 1.72. The summed E-state index contributed by atoms with van der Waals surface area (Å²) in [5, 5.41) is 0.358. The maximum atomic E-state index is 11.4. The zero-order chi connectivity index (χ0) is 11.4. The Balaban J connectivity index is 2.93. The number of Topliss-reactive ketones (excluding diaryl/α,β-unsaturated/α-hetero) is 1. The Morgan fingerprint density at radius 1 is 1.47 bits per heavy atom. The Morgan fingerprint density at radius 2 is 2.13 bits per heavy atom. The number of ether oxygens (including phenoxy) is 1. The van der Waals surface area contributed by atoms with Crippen LogP contribution in [0.1, 0.15) is 29.8 Å². The van der Waals surface area contributed by atoms with Gasteiger partial charge < -0.3 is 4.74 Å². The van der Waals surface area contributed by atoms with Gasteiger partial charge in [-0.1, -0.05) is 15.9 Å². The fourth-order valence-corrected chi connectivity index (χ4v) is 1.61. The fourth-order valence-electron chi connectivity index (χ4n) is 1.29. The minimum absolute atomic E-state index is 0.0918. The van der Waals surface area contributed by atoms with Crippen molar-refractivity contribution in [3.8, 4) is 5.75 Å². The van der Waals surface area contributed by atoms with Crippen LogP contribution in [0.4, 0.5) is 0 Å². The van der Waals surface area contributed by atoms with E-state index in [0.717, 1.165) is 16.9 Å². The number of aryl methyl sites for hydroxylation is 1. The van der Waals surface area contributed by atoms with Gasteiger partial charge in [-0.2, -0.15) is 0 Å². The Kier molecular flexibility index (Phi) is 4.33. The van der Waals surface area contributed by atoms with Gasteiger partial charge in [0.15, 0.2) is 5.78 Å². The van der Waals surface area contributed by atoms with Gasteiger partial charge in [0, 0.05) is 5.56 Å². The molecule has 0 amide bonds. The number of carbonyl (C=O) groups excluding carboxylic acids is 1. The second-order valence-electron chi connectivity index (χ2n) is 3.70. The van der Waals surface area contributed by atoms with Gasteiger partial charge >= 0.3 is 0 Å². The fraction of sp³-hybridized carbons (Fsp3) is 0.417. The average molecular weight is 271 g/mol. The standard InChI is InChI=1S/C12H15BrO2/c1-8(2)15-12-5-4-10(6-9(12)3)11(14)7-13/h4-6,8H,7H2,1-3H3. The molecule has 0 aliphatic heterocycles. The number of hydrogen-bond donors (Lipinski definition) is 0. The zero-order valence-electron chi connectivity index (χ0n) is 9.21. The predicted octanol–water partition coefficient (Wildman–Crippen LogP) is 3.36. The van der Waals surface area contributed by atoms with Crippen LogP contribution in [0, 0.1) is 6.92 Å². The topological polar surface area (TPSA) is 26.3 Å². The Labute approximate surface area is 98.8 Å². The highest BCUT2D eigenvalue weighted by molar-refractivity contribution is 9.09. The first-order chi connectivity index (χ1) is 7.04. The highest BCUT2D eigenvalue weighted by atomic mass is 79.9. The van der Waals surface area contributed by atoms with Gasteiger partial charge in [0.05, 0.1) is 11.4 Å². The lowest BCUT2D eigenvalue weighted by molar-refractivity contribution is 0.102. The van der Waals surface area contributed by atoms with Crippen LogP contribution in [-0.2, 0) is 0 Å². The number of halogens is 1. The quantitative estimate of drug-likeness (QED) is 0.620. The first-order valence-electron chi connectivity index (χ1n) is 4.91. The molecule has 3 heteroatoms. The van der Waals surface area contributed by atoms with Gasteiger partial charge in [0.25, 0.3) is 0 Å². The van der Waals surface area contributed by atoms with Gasteiger partial charge in [-0.25, -0.2) is 0 Å². The smallest absolute Gasteiger partial charge is 0.173 e. The molecule has 15 heavy (non-hydrogen) atoms. The molecule has 2 nitrogen and oxygen atoms in total. The van der Waals surface area contributed by atoms with Crippen LogP contribution < -0.4 is 4.74 Å². The lowest BCUT2D eigenvalue weighted by atomic mass is 10.1. The van der Waals surface area contributed by atoms with E-state index in [1.165, 1.54) is 0 Å². The van der Waals surface area contributed by atoms with Crippen molar-refractivity contribution in [3.05, 3.63) is 29.3 Å². The van der Waals surface area contributed by atoms with Gasteiger partial charge in [0.2, 0.25) is 0 Å². The molecule has 0 aliphatic rings. The molecule has 0 saturated heterocycles. The Morgan fingerprint density at radius 3 is 2.60 bits per heavy atom. The molecule has 0 radical (unpaired) electrons. The van der Waals surface area contributed by atoms with Crippen molar-refractivity contribution in [2.24, 2.45) is 0 Å². The van der Waals surface area contributed by atoms with E-state index in [2.05, 4.69) is 15.9 Å². The van der Waals surface area contributed by atoms with E-state index in [0.29, 0.717) is 5.33 Å². The van der Waals surface area contributed by atoms with Crippen molar-refractivity contribution >= 4 is 21.7 Å². The molecular weight excluding hydrogens is 256 g/mol. The molecule has 0 fully saturated rings. The molecule has 0 bridgehead atoms. The largest absolute Gasteiger partial charge is 0.491 e. The number of carbonyl (C=O) groups is 1. The number of benzene rings is 1. The van der Waals surface area contributed by atoms with Crippen LogP contribution in [0.3, 0.4) is 0 Å². The summed E-state index contributed by atoms with van der Waals surface area (Å²) >= 11 is 3.15. The minimum atomic E-state index is 0.0918. The van der Waals surface area contributed by atoms with Crippen LogP contribution in [-0.4, -0.2) is 17.2 Å². The molecule has 82 valence electrons. The third-order valence-electron chi connectivity index (χ3n) is 1.98. The summed E-state index contributed by atoms with van der Waals surface area (Å²) in [5.74, 6) is 0.935. The maximum absolute atomic E-state index is 11.4. The zero-order valence-corrected chi connectivity index (χ0v) is 10.8. The SMILES string of the molecule is Cc1cc(C(=O)CBr)ccc1OC(C)C. The van der Waals surface area contributed by atoms with Gasteiger partial charge in [-0.05, 0) is 44.5 Å². The van der Waals surface area contributed by atoms with Crippen molar-refractivity contribution in [1.29, 1.82) is 0 Å². The number of rotatable bonds is 4. The molecule has 0 spiro atoms. The first-order valence-corrected chi connectivity index (χ1v) is 6.03. The Hall–Kier alpha value is -0.830. The molecular formula is C12H15BrO2. The third-order valence-corrected chi connectivity index (χ3v) is 2.49. The highest BCUT2D eigenvalue weighted by Crippen LogP contribution is 2.20. The van der Waals surface area contributed by atoms with Crippen molar-refractivity contribution in [3.63, 3.8) is 0 Å². The molecule has 0 aromatic heterocycles. The lowest BCUT2D eigenvalue weighted by Gasteiger charge is -2.12. The van der Waals surface area contributed by atoms with E-state index >= 15 is 0 Å². The second-order valence-corrected chi connectivity index (χ2v) is 4.26. The van der Waals surface area contributed by atoms with Gasteiger partial charge in [-0.15, -0.1) is 0 Å². The monoisotopic (exact) mass is 270 g/mol. The summed E-state index contributed by atoms with van der Waals surface area (Å²) in [7, 11) is 0. The second kappa shape index (κ2) is 5.31. The van der Waals surface area contributed by atoms with E-state index in [9.17, 15) is 4.79 Å². The van der Waals surface area contributed by atoms with E-state index in [1.807, 2.05) is 32.9 Å². The van der Waals surface area contributed by atoms with Crippen LogP contribution in [0.25, 0.3) is 0 Å². The molecule has 0 heterocycles. The lowest BCUT2D eigenvalue weighted by Crippen LogP contribution is -2.07. The molecule has 0 atom stereocenters. The van der Waals surface area contributed by atoms with Crippen LogP contribution in [0.2, 0.25) is 0 Å². The minimum Gasteiger partial charge on any atom is -0.491 e. The van der Waals surface area contributed by atoms with Gasteiger partial charge in [-0.3, -0.25) is 4.79 Å². The number of hydrogen-bond acceptors (Lipinski definition) is 2. The normalized spacial score (nSPS) is 10.5. The van der Waals surface area contributed by atoms with Crippen LogP contribution in [0.15, 0.2) is 18.2 Å². The first kappa shape index (κ1) is 12.2. The number of alkyl halides is 1. The predicted molar refractivity (Wildman–Crippen MR) is 65.1 cm³/mol. The maximum Gasteiger partial charge on any atom is 0.173 e. The van der Waals surface area contributed by atoms with Crippen molar-refractivity contribution in [1.82, 2.24) is 0 Å². The average Bonchev–Trinajstić information content (AvgIpc) is 2.19. The molecule has 1 aromatic rings. The van der Waals surface area contributed by atoms with E-state index in [-0.39, 0.29) is 11.9 Å². The van der Waals surface area contributed by atoms with Crippen LogP contribution >= 0.6 is 15.9 Å². The van der Waals surface area contributed by atoms with Crippen molar-refractivity contribution in [2.75, 3.05) is 5.33 Å².